The first kappa shape index (κ1) is 20.8. The average Bonchev–Trinajstić information content (AvgIpc) is 3.17. The fourth-order valence-corrected chi connectivity index (χ4v) is 5.77. The van der Waals surface area contributed by atoms with E-state index in [1.165, 1.54) is 15.6 Å². The quantitative estimate of drug-likeness (QED) is 0.736. The van der Waals surface area contributed by atoms with Crippen molar-refractivity contribution in [1.29, 1.82) is 0 Å². The molecule has 0 atom stereocenters. The largest absolute Gasteiger partial charge is 0.483 e. The maximum Gasteiger partial charge on any atom is 0.258 e. The minimum absolute atomic E-state index is 0.0873. The molecule has 1 aromatic carbocycles. The highest BCUT2D eigenvalue weighted by Gasteiger charge is 2.27. The lowest BCUT2D eigenvalue weighted by molar-refractivity contribution is -0.123. The minimum Gasteiger partial charge on any atom is -0.483 e. The predicted octanol–water partition coefficient (Wildman–Crippen LogP) is 2.08. The molecule has 2 aromatic rings. The van der Waals surface area contributed by atoms with Gasteiger partial charge in [0.1, 0.15) is 9.96 Å². The van der Waals surface area contributed by atoms with Gasteiger partial charge in [-0.15, -0.1) is 11.3 Å². The van der Waals surface area contributed by atoms with E-state index in [1.54, 1.807) is 12.1 Å². The van der Waals surface area contributed by atoms with E-state index in [-0.39, 0.29) is 23.3 Å². The molecule has 1 aliphatic heterocycles. The highest BCUT2D eigenvalue weighted by atomic mass is 32.2. The van der Waals surface area contributed by atoms with Crippen LogP contribution in [-0.4, -0.2) is 51.5 Å². The molecule has 2 heterocycles. The number of thiophene rings is 1. The summed E-state index contributed by atoms with van der Waals surface area (Å²) in [6, 6.07) is 9.12. The summed E-state index contributed by atoms with van der Waals surface area (Å²) in [6.07, 6.45) is 0. The number of para-hydroxylation sites is 1. The van der Waals surface area contributed by atoms with Gasteiger partial charge in [-0.2, -0.15) is 4.31 Å². The Balaban J connectivity index is 1.53. The lowest BCUT2D eigenvalue weighted by Gasteiger charge is -2.25. The van der Waals surface area contributed by atoms with Crippen LogP contribution in [0.1, 0.15) is 16.0 Å². The predicted molar refractivity (Wildman–Crippen MR) is 107 cm³/mol. The van der Waals surface area contributed by atoms with Crippen LogP contribution in [0, 0.1) is 13.8 Å². The van der Waals surface area contributed by atoms with Crippen LogP contribution < -0.4 is 10.1 Å². The van der Waals surface area contributed by atoms with E-state index in [9.17, 15) is 13.2 Å². The van der Waals surface area contributed by atoms with E-state index in [4.69, 9.17) is 9.47 Å². The van der Waals surface area contributed by atoms with Gasteiger partial charge in [0.15, 0.2) is 6.61 Å². The summed E-state index contributed by atoms with van der Waals surface area (Å²) in [5.41, 5.74) is 1.95. The SMILES string of the molecule is Cc1cccc(C)c1OCC(=O)NCc1ccc(S(=O)(=O)N2CCOCC2)s1. The zero-order valence-electron chi connectivity index (χ0n) is 15.9. The fourth-order valence-electron chi connectivity index (χ4n) is 2.91. The molecule has 0 unspecified atom stereocenters. The third kappa shape index (κ3) is 4.91. The number of sulfonamides is 1. The summed E-state index contributed by atoms with van der Waals surface area (Å²) < 4.78 is 37.8. The second-order valence-electron chi connectivity index (χ2n) is 6.52. The number of nitrogens with zero attached hydrogens (tertiary/aromatic N) is 1. The smallest absolute Gasteiger partial charge is 0.258 e. The van der Waals surface area contributed by atoms with Gasteiger partial charge in [-0.05, 0) is 37.1 Å². The van der Waals surface area contributed by atoms with Crippen molar-refractivity contribution in [2.24, 2.45) is 0 Å². The van der Waals surface area contributed by atoms with Crippen molar-refractivity contribution in [3.8, 4) is 5.75 Å². The number of amides is 1. The molecule has 1 aliphatic rings. The normalized spacial score (nSPS) is 15.4. The molecule has 7 nitrogen and oxygen atoms in total. The summed E-state index contributed by atoms with van der Waals surface area (Å²) in [7, 11) is -3.50. The molecule has 1 amide bonds. The number of aryl methyl sites for hydroxylation is 2. The van der Waals surface area contributed by atoms with E-state index in [2.05, 4.69) is 5.32 Å². The number of nitrogens with one attached hydrogen (secondary N) is 1. The number of hydrogen-bond donors (Lipinski definition) is 1. The molecule has 1 saturated heterocycles. The minimum atomic E-state index is -3.50. The van der Waals surface area contributed by atoms with E-state index >= 15 is 0 Å². The molecule has 0 saturated carbocycles. The monoisotopic (exact) mass is 424 g/mol. The van der Waals surface area contributed by atoms with Crippen LogP contribution in [0.2, 0.25) is 0 Å². The molecule has 0 radical (unpaired) electrons. The third-order valence-electron chi connectivity index (χ3n) is 4.42. The van der Waals surface area contributed by atoms with Crippen molar-refractivity contribution in [3.63, 3.8) is 0 Å². The van der Waals surface area contributed by atoms with Crippen molar-refractivity contribution >= 4 is 27.3 Å². The van der Waals surface area contributed by atoms with Crippen LogP contribution in [0.15, 0.2) is 34.5 Å². The number of ether oxygens (including phenoxy) is 2. The van der Waals surface area contributed by atoms with Gasteiger partial charge in [-0.25, -0.2) is 8.42 Å². The van der Waals surface area contributed by atoms with E-state index < -0.39 is 10.0 Å². The molecule has 1 N–H and O–H groups in total. The van der Waals surface area contributed by atoms with Gasteiger partial charge in [-0.1, -0.05) is 18.2 Å². The van der Waals surface area contributed by atoms with E-state index in [0.717, 1.165) is 16.0 Å². The van der Waals surface area contributed by atoms with Crippen LogP contribution in [0.25, 0.3) is 0 Å². The summed E-state index contributed by atoms with van der Waals surface area (Å²) in [5.74, 6) is 0.460. The van der Waals surface area contributed by atoms with Crippen LogP contribution in [-0.2, 0) is 26.1 Å². The van der Waals surface area contributed by atoms with Gasteiger partial charge in [0.25, 0.3) is 15.9 Å². The first-order valence-electron chi connectivity index (χ1n) is 9.00. The van der Waals surface area contributed by atoms with Crippen molar-refractivity contribution in [1.82, 2.24) is 9.62 Å². The molecule has 0 spiro atoms. The Hall–Kier alpha value is -1.94. The molecular weight excluding hydrogens is 400 g/mol. The number of hydrogen-bond acceptors (Lipinski definition) is 6. The molecule has 28 heavy (non-hydrogen) atoms. The summed E-state index contributed by atoms with van der Waals surface area (Å²) >= 11 is 1.17. The van der Waals surface area contributed by atoms with Crippen LogP contribution in [0.4, 0.5) is 0 Å². The number of carbonyl (C=O) groups is 1. The Bertz CT molecular complexity index is 913. The van der Waals surface area contributed by atoms with Gasteiger partial charge in [0.2, 0.25) is 0 Å². The zero-order valence-corrected chi connectivity index (χ0v) is 17.6. The topological polar surface area (TPSA) is 84.9 Å². The molecule has 1 fully saturated rings. The highest BCUT2D eigenvalue weighted by molar-refractivity contribution is 7.91. The molecule has 152 valence electrons. The molecule has 1 aromatic heterocycles. The van der Waals surface area contributed by atoms with Crippen molar-refractivity contribution in [3.05, 3.63) is 46.3 Å². The number of benzene rings is 1. The van der Waals surface area contributed by atoms with Crippen molar-refractivity contribution in [2.75, 3.05) is 32.9 Å². The maximum atomic E-state index is 12.6. The van der Waals surface area contributed by atoms with Crippen LogP contribution >= 0.6 is 11.3 Å². The zero-order chi connectivity index (χ0) is 20.1. The molecule has 3 rings (SSSR count). The summed E-state index contributed by atoms with van der Waals surface area (Å²) in [6.45, 7) is 5.59. The molecule has 0 bridgehead atoms. The summed E-state index contributed by atoms with van der Waals surface area (Å²) in [4.78, 5) is 12.9. The van der Waals surface area contributed by atoms with Crippen LogP contribution in [0.3, 0.4) is 0 Å². The van der Waals surface area contributed by atoms with Gasteiger partial charge in [-0.3, -0.25) is 4.79 Å². The summed E-state index contributed by atoms with van der Waals surface area (Å²) in [5, 5.41) is 2.77. The second kappa shape index (κ2) is 9.04. The first-order chi connectivity index (χ1) is 13.4. The fraction of sp³-hybridized carbons (Fsp3) is 0.421. The first-order valence-corrected chi connectivity index (χ1v) is 11.3. The lowest BCUT2D eigenvalue weighted by Crippen LogP contribution is -2.40. The lowest BCUT2D eigenvalue weighted by atomic mass is 10.1. The molecule has 9 heteroatoms. The number of morpholine rings is 1. The maximum absolute atomic E-state index is 12.6. The van der Waals surface area contributed by atoms with Gasteiger partial charge < -0.3 is 14.8 Å². The highest BCUT2D eigenvalue weighted by Crippen LogP contribution is 2.25. The molecular formula is C19H24N2O5S2. The Labute approximate surface area is 169 Å². The number of carbonyl (C=O) groups excluding carboxylic acids is 1. The van der Waals surface area contributed by atoms with E-state index in [0.29, 0.717) is 32.1 Å². The Kier molecular flexibility index (Phi) is 6.71. The number of rotatable bonds is 7. The van der Waals surface area contributed by atoms with Gasteiger partial charge in [0.05, 0.1) is 19.8 Å². The Morgan fingerprint density at radius 2 is 1.86 bits per heavy atom. The van der Waals surface area contributed by atoms with Crippen molar-refractivity contribution in [2.45, 2.75) is 24.6 Å². The third-order valence-corrected chi connectivity index (χ3v) is 7.87. The standard InChI is InChI=1S/C19H24N2O5S2/c1-14-4-3-5-15(2)19(14)26-13-17(22)20-12-16-6-7-18(27-16)28(23,24)21-8-10-25-11-9-21/h3-7H,8-13H2,1-2H3,(H,20,22). The van der Waals surface area contributed by atoms with Crippen LogP contribution in [0.5, 0.6) is 5.75 Å². The van der Waals surface area contributed by atoms with Gasteiger partial charge in [0, 0.05) is 18.0 Å². The van der Waals surface area contributed by atoms with Crippen molar-refractivity contribution < 1.29 is 22.7 Å². The molecule has 0 aliphatic carbocycles. The Morgan fingerprint density at radius 3 is 2.54 bits per heavy atom. The van der Waals surface area contributed by atoms with Gasteiger partial charge >= 0.3 is 0 Å². The average molecular weight is 425 g/mol. The van der Waals surface area contributed by atoms with E-state index in [1.807, 2.05) is 32.0 Å². The Morgan fingerprint density at radius 1 is 1.18 bits per heavy atom. The second-order valence-corrected chi connectivity index (χ2v) is 9.86.